The molecule has 2 aliphatic rings. The van der Waals surface area contributed by atoms with E-state index in [0.29, 0.717) is 0 Å². The van der Waals surface area contributed by atoms with Crippen molar-refractivity contribution in [1.29, 1.82) is 0 Å². The molecule has 1 aliphatic heterocycles. The van der Waals surface area contributed by atoms with E-state index in [1.165, 1.54) is 19.2 Å². The summed E-state index contributed by atoms with van der Waals surface area (Å²) in [5.41, 5.74) is 5.11. The number of hydrogen-bond acceptors (Lipinski definition) is 5. The lowest BCUT2D eigenvalue weighted by Crippen LogP contribution is -2.32. The number of alkyl carbamates (subject to hydrolysis) is 1. The molecular formula is C24H22N2O5. The Labute approximate surface area is 179 Å². The fourth-order valence-electron chi connectivity index (χ4n) is 4.08. The first-order chi connectivity index (χ1) is 15.0. The summed E-state index contributed by atoms with van der Waals surface area (Å²) in [6.45, 7) is 0.287. The monoisotopic (exact) mass is 418 g/mol. The Morgan fingerprint density at radius 1 is 1.00 bits per heavy atom. The van der Waals surface area contributed by atoms with Gasteiger partial charge in [0.2, 0.25) is 0 Å². The first-order valence-electron chi connectivity index (χ1n) is 10.1. The molecule has 7 heteroatoms. The third-order valence-corrected chi connectivity index (χ3v) is 5.62. The average Bonchev–Trinajstić information content (AvgIpc) is 3.26. The molecule has 1 unspecified atom stereocenters. The Kier molecular flexibility index (Phi) is 5.66. The Morgan fingerprint density at radius 2 is 1.71 bits per heavy atom. The van der Waals surface area contributed by atoms with E-state index < -0.39 is 6.09 Å². The van der Waals surface area contributed by atoms with Crippen molar-refractivity contribution < 1.29 is 23.9 Å². The standard InChI is InChI=1S/C24H22N2O5/c1-25-24(30)31-14-21-18-5-3-2-4-17(18)19-7-6-15(13-20(19)21)12-16(27)10-11-26-22(28)8-9-23(26)29/h2-9,13,21H,10-12,14H2,1H3,(H,25,30). The molecule has 1 heterocycles. The Morgan fingerprint density at radius 3 is 2.45 bits per heavy atom. The highest BCUT2D eigenvalue weighted by molar-refractivity contribution is 6.13. The maximum atomic E-state index is 12.5. The number of ketones is 1. The number of ether oxygens (including phenoxy) is 1. The highest BCUT2D eigenvalue weighted by Crippen LogP contribution is 2.45. The van der Waals surface area contributed by atoms with Crippen molar-refractivity contribution >= 4 is 23.7 Å². The van der Waals surface area contributed by atoms with Crippen LogP contribution in [0.3, 0.4) is 0 Å². The number of hydrogen-bond donors (Lipinski definition) is 1. The molecule has 4 rings (SSSR count). The van der Waals surface area contributed by atoms with Crippen LogP contribution in [0.5, 0.6) is 0 Å². The molecule has 2 aromatic rings. The SMILES string of the molecule is CNC(=O)OCC1c2ccccc2-c2ccc(CC(=O)CCN3C(=O)C=CC3=O)cc21. The van der Waals surface area contributed by atoms with Crippen molar-refractivity contribution in [2.24, 2.45) is 0 Å². The number of Topliss-reactive ketones (excluding diaryl/α,β-unsaturated/α-hetero) is 1. The largest absolute Gasteiger partial charge is 0.449 e. The van der Waals surface area contributed by atoms with E-state index in [1.54, 1.807) is 0 Å². The zero-order valence-electron chi connectivity index (χ0n) is 17.1. The molecule has 0 saturated carbocycles. The molecule has 1 atom stereocenters. The van der Waals surface area contributed by atoms with Gasteiger partial charge in [0.1, 0.15) is 12.4 Å². The van der Waals surface area contributed by atoms with Gasteiger partial charge in [0.05, 0.1) is 0 Å². The molecule has 1 N–H and O–H groups in total. The summed E-state index contributed by atoms with van der Waals surface area (Å²) in [6, 6.07) is 13.9. The molecule has 1 aliphatic carbocycles. The molecule has 2 aromatic carbocycles. The fraction of sp³-hybridized carbons (Fsp3) is 0.250. The molecule has 0 radical (unpaired) electrons. The van der Waals surface area contributed by atoms with Crippen molar-refractivity contribution in [3.8, 4) is 11.1 Å². The van der Waals surface area contributed by atoms with Gasteiger partial charge in [0.25, 0.3) is 11.8 Å². The normalized spacial score (nSPS) is 16.3. The summed E-state index contributed by atoms with van der Waals surface area (Å²) < 4.78 is 5.33. The number of nitrogens with zero attached hydrogens (tertiary/aromatic N) is 1. The lowest BCUT2D eigenvalue weighted by molar-refractivity contribution is -0.137. The quantitative estimate of drug-likeness (QED) is 0.698. The Bertz CT molecular complexity index is 1090. The van der Waals surface area contributed by atoms with Crippen LogP contribution in [0, 0.1) is 0 Å². The number of amides is 3. The second kappa shape index (κ2) is 8.55. The number of carbonyl (C=O) groups excluding carboxylic acids is 4. The number of rotatable bonds is 7. The minimum absolute atomic E-state index is 0.0545. The van der Waals surface area contributed by atoms with Gasteiger partial charge < -0.3 is 10.1 Å². The van der Waals surface area contributed by atoms with Crippen molar-refractivity contribution in [2.45, 2.75) is 18.8 Å². The maximum absolute atomic E-state index is 12.5. The summed E-state index contributed by atoms with van der Waals surface area (Å²) in [4.78, 5) is 48.4. The molecule has 0 aromatic heterocycles. The van der Waals surface area contributed by atoms with Gasteiger partial charge in [0, 0.05) is 44.5 Å². The molecule has 7 nitrogen and oxygen atoms in total. The molecular weight excluding hydrogens is 396 g/mol. The van der Waals surface area contributed by atoms with Gasteiger partial charge in [-0.05, 0) is 27.8 Å². The fourth-order valence-corrected chi connectivity index (χ4v) is 4.08. The van der Waals surface area contributed by atoms with Gasteiger partial charge in [-0.2, -0.15) is 0 Å². The lowest BCUT2D eigenvalue weighted by Gasteiger charge is -2.15. The summed E-state index contributed by atoms with van der Waals surface area (Å²) in [5.74, 6) is -0.926. The van der Waals surface area contributed by atoms with Gasteiger partial charge >= 0.3 is 6.09 Å². The third-order valence-electron chi connectivity index (χ3n) is 5.62. The van der Waals surface area contributed by atoms with Crippen molar-refractivity contribution in [1.82, 2.24) is 10.2 Å². The van der Waals surface area contributed by atoms with Crippen LogP contribution in [0.2, 0.25) is 0 Å². The molecule has 31 heavy (non-hydrogen) atoms. The zero-order chi connectivity index (χ0) is 22.0. The number of imide groups is 1. The smallest absolute Gasteiger partial charge is 0.406 e. The molecule has 3 amide bonds. The minimum atomic E-state index is -0.488. The second-order valence-electron chi connectivity index (χ2n) is 7.54. The average molecular weight is 418 g/mol. The first-order valence-corrected chi connectivity index (χ1v) is 10.1. The van der Waals surface area contributed by atoms with Gasteiger partial charge in [0.15, 0.2) is 0 Å². The topological polar surface area (TPSA) is 92.8 Å². The molecule has 0 spiro atoms. The van der Waals surface area contributed by atoms with Crippen LogP contribution in [0.4, 0.5) is 4.79 Å². The van der Waals surface area contributed by atoms with Gasteiger partial charge in [-0.25, -0.2) is 4.79 Å². The second-order valence-corrected chi connectivity index (χ2v) is 7.54. The molecule has 0 fully saturated rings. The number of benzene rings is 2. The van der Waals surface area contributed by atoms with Crippen LogP contribution in [-0.2, 0) is 25.5 Å². The van der Waals surface area contributed by atoms with E-state index in [2.05, 4.69) is 5.32 Å². The Balaban J connectivity index is 1.48. The van der Waals surface area contributed by atoms with Crippen LogP contribution in [0.15, 0.2) is 54.6 Å². The van der Waals surface area contributed by atoms with E-state index in [-0.39, 0.29) is 49.5 Å². The predicted molar refractivity (Wildman–Crippen MR) is 113 cm³/mol. The van der Waals surface area contributed by atoms with Crippen LogP contribution >= 0.6 is 0 Å². The Hall–Kier alpha value is -3.74. The molecule has 0 saturated heterocycles. The lowest BCUT2D eigenvalue weighted by atomic mass is 9.95. The van der Waals surface area contributed by atoms with Gasteiger partial charge in [-0.3, -0.25) is 19.3 Å². The number of carbonyl (C=O) groups is 4. The highest BCUT2D eigenvalue weighted by Gasteiger charge is 2.30. The summed E-state index contributed by atoms with van der Waals surface area (Å²) in [6.07, 6.45) is 2.26. The molecule has 158 valence electrons. The highest BCUT2D eigenvalue weighted by atomic mass is 16.5. The van der Waals surface area contributed by atoms with Gasteiger partial charge in [-0.1, -0.05) is 42.5 Å². The van der Waals surface area contributed by atoms with Crippen LogP contribution in [0.25, 0.3) is 11.1 Å². The summed E-state index contributed by atoms with van der Waals surface area (Å²) >= 11 is 0. The van der Waals surface area contributed by atoms with E-state index >= 15 is 0 Å². The third kappa shape index (κ3) is 4.12. The number of fused-ring (bicyclic) bond motifs is 3. The summed E-state index contributed by atoms with van der Waals surface area (Å²) in [5, 5.41) is 2.46. The maximum Gasteiger partial charge on any atom is 0.406 e. The molecule has 0 bridgehead atoms. The van der Waals surface area contributed by atoms with E-state index in [1.807, 2.05) is 42.5 Å². The van der Waals surface area contributed by atoms with Crippen molar-refractivity contribution in [3.63, 3.8) is 0 Å². The van der Waals surface area contributed by atoms with Crippen LogP contribution in [0.1, 0.15) is 29.0 Å². The first kappa shape index (κ1) is 20.5. The van der Waals surface area contributed by atoms with E-state index in [9.17, 15) is 19.2 Å². The zero-order valence-corrected chi connectivity index (χ0v) is 17.1. The van der Waals surface area contributed by atoms with Gasteiger partial charge in [-0.15, -0.1) is 0 Å². The van der Waals surface area contributed by atoms with Crippen LogP contribution < -0.4 is 5.32 Å². The van der Waals surface area contributed by atoms with E-state index in [4.69, 9.17) is 4.74 Å². The van der Waals surface area contributed by atoms with Crippen LogP contribution in [-0.4, -0.2) is 48.8 Å². The van der Waals surface area contributed by atoms with E-state index in [0.717, 1.165) is 32.7 Å². The van der Waals surface area contributed by atoms with Crippen molar-refractivity contribution in [2.75, 3.05) is 20.2 Å². The number of nitrogens with one attached hydrogen (secondary N) is 1. The predicted octanol–water partition coefficient (Wildman–Crippen LogP) is 2.58. The summed E-state index contributed by atoms with van der Waals surface area (Å²) in [7, 11) is 1.52. The minimum Gasteiger partial charge on any atom is -0.449 e. The van der Waals surface area contributed by atoms with Crippen molar-refractivity contribution in [3.05, 3.63) is 71.3 Å².